The van der Waals surface area contributed by atoms with Crippen LogP contribution in [0.3, 0.4) is 0 Å². The average molecular weight is 310 g/mol. The average Bonchev–Trinajstić information content (AvgIpc) is 3.20. The minimum absolute atomic E-state index is 0.0471. The van der Waals surface area contributed by atoms with Crippen LogP contribution in [0.25, 0.3) is 0 Å². The lowest BCUT2D eigenvalue weighted by atomic mass is 9.93. The lowest BCUT2D eigenvalue weighted by molar-refractivity contribution is -0.124. The fraction of sp³-hybridized carbons (Fsp3) is 0.562. The predicted octanol–water partition coefficient (Wildman–Crippen LogP) is 2.31. The molecule has 5 heteroatoms. The van der Waals surface area contributed by atoms with Gasteiger partial charge in [0.15, 0.2) is 0 Å². The molecular weight excluding hydrogens is 290 g/mol. The molecule has 1 saturated carbocycles. The molecule has 2 N–H and O–H groups in total. The largest absolute Gasteiger partial charge is 0.394 e. The standard InChI is InChI=1S/C16H20ClNO3/c17-12-3-1-11(2-4-12)14(10-19)18-15(20)13-9-16(13)5-7-21-8-6-16/h1-4,13-14,19H,5-10H2,(H,18,20). The van der Waals surface area contributed by atoms with Gasteiger partial charge in [0.05, 0.1) is 12.6 Å². The molecule has 1 amide bonds. The number of hydrogen-bond acceptors (Lipinski definition) is 3. The number of aliphatic hydroxyl groups excluding tert-OH is 1. The maximum Gasteiger partial charge on any atom is 0.224 e. The third-order valence-electron chi connectivity index (χ3n) is 4.77. The summed E-state index contributed by atoms with van der Waals surface area (Å²) in [6.07, 6.45) is 2.88. The number of ether oxygens (including phenoxy) is 1. The molecule has 114 valence electrons. The number of carbonyl (C=O) groups excluding carboxylic acids is 1. The second kappa shape index (κ2) is 5.95. The number of amides is 1. The van der Waals surface area contributed by atoms with E-state index in [0.29, 0.717) is 5.02 Å². The Bertz CT molecular complexity index is 511. The summed E-state index contributed by atoms with van der Waals surface area (Å²) in [4.78, 5) is 12.4. The van der Waals surface area contributed by atoms with Crippen LogP contribution in [0.4, 0.5) is 0 Å². The summed E-state index contributed by atoms with van der Waals surface area (Å²) in [5.41, 5.74) is 1.03. The maximum atomic E-state index is 12.4. The number of halogens is 1. The first kappa shape index (κ1) is 14.8. The van der Waals surface area contributed by atoms with E-state index in [-0.39, 0.29) is 29.9 Å². The molecule has 2 unspecified atom stereocenters. The van der Waals surface area contributed by atoms with Gasteiger partial charge >= 0.3 is 0 Å². The molecule has 0 aromatic heterocycles. The fourth-order valence-corrected chi connectivity index (χ4v) is 3.38. The molecule has 0 radical (unpaired) electrons. The molecule has 2 atom stereocenters. The van der Waals surface area contributed by atoms with E-state index < -0.39 is 0 Å². The van der Waals surface area contributed by atoms with Crippen molar-refractivity contribution in [3.05, 3.63) is 34.9 Å². The van der Waals surface area contributed by atoms with Crippen LogP contribution in [-0.2, 0) is 9.53 Å². The molecule has 1 aliphatic carbocycles. The molecule has 1 heterocycles. The summed E-state index contributed by atoms with van der Waals surface area (Å²) in [6.45, 7) is 1.39. The summed E-state index contributed by atoms with van der Waals surface area (Å²) in [6, 6.07) is 6.83. The number of benzene rings is 1. The normalized spacial score (nSPS) is 24.6. The number of carbonyl (C=O) groups is 1. The van der Waals surface area contributed by atoms with Gasteiger partial charge in [-0.1, -0.05) is 23.7 Å². The molecule has 0 bridgehead atoms. The van der Waals surface area contributed by atoms with Crippen molar-refractivity contribution in [1.82, 2.24) is 5.32 Å². The highest BCUT2D eigenvalue weighted by atomic mass is 35.5. The van der Waals surface area contributed by atoms with Crippen LogP contribution >= 0.6 is 11.6 Å². The van der Waals surface area contributed by atoms with Crippen molar-refractivity contribution in [1.29, 1.82) is 0 Å². The topological polar surface area (TPSA) is 58.6 Å². The van der Waals surface area contributed by atoms with Gasteiger partial charge in [0.2, 0.25) is 5.91 Å². The lowest BCUT2D eigenvalue weighted by Gasteiger charge is -2.23. The number of rotatable bonds is 4. The molecule has 4 nitrogen and oxygen atoms in total. The van der Waals surface area contributed by atoms with E-state index in [0.717, 1.165) is 38.0 Å². The Morgan fingerprint density at radius 2 is 2.05 bits per heavy atom. The zero-order valence-electron chi connectivity index (χ0n) is 11.8. The van der Waals surface area contributed by atoms with E-state index >= 15 is 0 Å². The first-order chi connectivity index (χ1) is 10.1. The smallest absolute Gasteiger partial charge is 0.224 e. The van der Waals surface area contributed by atoms with Crippen LogP contribution in [0.5, 0.6) is 0 Å². The Kier molecular flexibility index (Phi) is 4.20. The Labute approximate surface area is 129 Å². The summed E-state index contributed by atoms with van der Waals surface area (Å²) >= 11 is 5.86. The molecule has 3 rings (SSSR count). The van der Waals surface area contributed by atoms with E-state index in [1.54, 1.807) is 12.1 Å². The second-order valence-electron chi connectivity index (χ2n) is 6.03. The Balaban J connectivity index is 1.62. The van der Waals surface area contributed by atoms with Crippen LogP contribution in [0, 0.1) is 11.3 Å². The highest BCUT2D eigenvalue weighted by molar-refractivity contribution is 6.30. The quantitative estimate of drug-likeness (QED) is 0.897. The van der Waals surface area contributed by atoms with Crippen molar-refractivity contribution in [2.45, 2.75) is 25.3 Å². The Hall–Kier alpha value is -1.10. The fourth-order valence-electron chi connectivity index (χ4n) is 3.25. The molecule has 1 spiro atoms. The van der Waals surface area contributed by atoms with E-state index in [2.05, 4.69) is 5.32 Å². The van der Waals surface area contributed by atoms with Crippen molar-refractivity contribution < 1.29 is 14.6 Å². The molecular formula is C16H20ClNO3. The van der Waals surface area contributed by atoms with Gasteiger partial charge in [-0.15, -0.1) is 0 Å². The summed E-state index contributed by atoms with van der Waals surface area (Å²) in [5.74, 6) is 0.119. The minimum Gasteiger partial charge on any atom is -0.394 e. The summed E-state index contributed by atoms with van der Waals surface area (Å²) < 4.78 is 5.37. The molecule has 1 aliphatic heterocycles. The van der Waals surface area contributed by atoms with E-state index in [1.807, 2.05) is 12.1 Å². The predicted molar refractivity (Wildman–Crippen MR) is 80.0 cm³/mol. The van der Waals surface area contributed by atoms with Crippen LogP contribution in [0.2, 0.25) is 5.02 Å². The lowest BCUT2D eigenvalue weighted by Crippen LogP contribution is -2.34. The van der Waals surface area contributed by atoms with Crippen molar-refractivity contribution in [2.24, 2.45) is 11.3 Å². The Morgan fingerprint density at radius 1 is 1.38 bits per heavy atom. The second-order valence-corrected chi connectivity index (χ2v) is 6.46. The highest BCUT2D eigenvalue weighted by Crippen LogP contribution is 2.59. The molecule has 2 fully saturated rings. The number of nitrogens with one attached hydrogen (secondary N) is 1. The van der Waals surface area contributed by atoms with Gasteiger partial charge < -0.3 is 15.2 Å². The summed E-state index contributed by atoms with van der Waals surface area (Å²) in [7, 11) is 0. The Morgan fingerprint density at radius 3 is 2.67 bits per heavy atom. The maximum absolute atomic E-state index is 12.4. The molecule has 1 aromatic rings. The van der Waals surface area contributed by atoms with Gasteiger partial charge in [0.1, 0.15) is 0 Å². The van der Waals surface area contributed by atoms with Gasteiger partial charge in [0.25, 0.3) is 0 Å². The number of hydrogen-bond donors (Lipinski definition) is 2. The summed E-state index contributed by atoms with van der Waals surface area (Å²) in [5, 5.41) is 13.1. The van der Waals surface area contributed by atoms with Crippen LogP contribution in [0.1, 0.15) is 30.9 Å². The van der Waals surface area contributed by atoms with E-state index in [1.165, 1.54) is 0 Å². The van der Waals surface area contributed by atoms with Crippen LogP contribution in [0.15, 0.2) is 24.3 Å². The van der Waals surface area contributed by atoms with Crippen LogP contribution < -0.4 is 5.32 Å². The van der Waals surface area contributed by atoms with Crippen molar-refractivity contribution in [2.75, 3.05) is 19.8 Å². The zero-order valence-corrected chi connectivity index (χ0v) is 12.6. The van der Waals surface area contributed by atoms with Gasteiger partial charge in [0, 0.05) is 24.2 Å². The van der Waals surface area contributed by atoms with E-state index in [9.17, 15) is 9.90 Å². The van der Waals surface area contributed by atoms with Crippen molar-refractivity contribution in [3.63, 3.8) is 0 Å². The SMILES string of the molecule is O=C(NC(CO)c1ccc(Cl)cc1)C1CC12CCOCC2. The third-order valence-corrected chi connectivity index (χ3v) is 5.02. The van der Waals surface area contributed by atoms with E-state index in [4.69, 9.17) is 16.3 Å². The van der Waals surface area contributed by atoms with Gasteiger partial charge in [-0.25, -0.2) is 0 Å². The highest BCUT2D eigenvalue weighted by Gasteiger charge is 2.58. The molecule has 1 saturated heterocycles. The van der Waals surface area contributed by atoms with Gasteiger partial charge in [-0.05, 0) is 42.4 Å². The minimum atomic E-state index is -0.368. The first-order valence-electron chi connectivity index (χ1n) is 7.39. The zero-order chi connectivity index (χ0) is 14.9. The van der Waals surface area contributed by atoms with Gasteiger partial charge in [-0.2, -0.15) is 0 Å². The van der Waals surface area contributed by atoms with Crippen molar-refractivity contribution in [3.8, 4) is 0 Å². The van der Waals surface area contributed by atoms with Crippen LogP contribution in [-0.4, -0.2) is 30.8 Å². The monoisotopic (exact) mass is 309 g/mol. The molecule has 2 aliphatic rings. The third kappa shape index (κ3) is 3.07. The number of aliphatic hydroxyl groups is 1. The van der Waals surface area contributed by atoms with Crippen molar-refractivity contribution >= 4 is 17.5 Å². The van der Waals surface area contributed by atoms with Gasteiger partial charge in [-0.3, -0.25) is 4.79 Å². The molecule has 1 aromatic carbocycles. The molecule has 21 heavy (non-hydrogen) atoms. The first-order valence-corrected chi connectivity index (χ1v) is 7.77.